The maximum atomic E-state index is 6.22. The largest absolute Gasteiger partial charge is 0.381 e. The molecule has 1 aliphatic rings. The third kappa shape index (κ3) is 4.05. The monoisotopic (exact) mass is 295 g/mol. The molecule has 0 bridgehead atoms. The second kappa shape index (κ2) is 7.92. The van der Waals surface area contributed by atoms with Gasteiger partial charge in [0.1, 0.15) is 0 Å². The maximum absolute atomic E-state index is 6.22. The van der Waals surface area contributed by atoms with Gasteiger partial charge in [-0.2, -0.15) is 5.10 Å². The van der Waals surface area contributed by atoms with Crippen LogP contribution in [-0.4, -0.2) is 47.8 Å². The minimum atomic E-state index is -0.0817. The van der Waals surface area contributed by atoms with Gasteiger partial charge in [-0.05, 0) is 32.4 Å². The fourth-order valence-corrected chi connectivity index (χ4v) is 3.33. The van der Waals surface area contributed by atoms with E-state index in [-0.39, 0.29) is 5.60 Å². The summed E-state index contributed by atoms with van der Waals surface area (Å²) < 4.78 is 13.7. The number of rotatable bonds is 8. The lowest BCUT2D eigenvalue weighted by atomic mass is 9.83. The number of hydrogen-bond acceptors (Lipinski definition) is 4. The van der Waals surface area contributed by atoms with Crippen LogP contribution in [0.3, 0.4) is 0 Å². The zero-order valence-electron chi connectivity index (χ0n) is 13.6. The fraction of sp³-hybridized carbons (Fsp3) is 0.812. The van der Waals surface area contributed by atoms with Gasteiger partial charge in [-0.3, -0.25) is 4.68 Å². The second-order valence-electron chi connectivity index (χ2n) is 5.71. The van der Waals surface area contributed by atoms with Crippen molar-refractivity contribution in [2.75, 3.05) is 26.4 Å². The molecule has 1 fully saturated rings. The highest BCUT2D eigenvalue weighted by molar-refractivity contribution is 5.03. The lowest BCUT2D eigenvalue weighted by Crippen LogP contribution is -2.55. The zero-order valence-corrected chi connectivity index (χ0v) is 13.6. The standard InChI is InChI=1S/C16H29N3O2/c1-4-17-15(7-6-14-8-11-18-19(14)3)16(21-5-2)9-12-20-13-10-16/h8,11,15,17H,4-7,9-10,12-13H2,1-3H3. The summed E-state index contributed by atoms with van der Waals surface area (Å²) in [5, 5.41) is 7.90. The summed E-state index contributed by atoms with van der Waals surface area (Å²) in [6.45, 7) is 7.57. The van der Waals surface area contributed by atoms with Crippen molar-refractivity contribution in [3.8, 4) is 0 Å². The van der Waals surface area contributed by atoms with Gasteiger partial charge in [-0.25, -0.2) is 0 Å². The Balaban J connectivity index is 2.05. The Bertz CT molecular complexity index is 408. The molecule has 2 heterocycles. The Morgan fingerprint density at radius 2 is 2.19 bits per heavy atom. The molecule has 0 amide bonds. The van der Waals surface area contributed by atoms with Gasteiger partial charge in [-0.1, -0.05) is 6.92 Å². The highest BCUT2D eigenvalue weighted by Crippen LogP contribution is 2.31. The van der Waals surface area contributed by atoms with Crippen molar-refractivity contribution in [3.63, 3.8) is 0 Å². The van der Waals surface area contributed by atoms with Gasteiger partial charge >= 0.3 is 0 Å². The van der Waals surface area contributed by atoms with E-state index in [9.17, 15) is 0 Å². The molecule has 1 saturated heterocycles. The lowest BCUT2D eigenvalue weighted by molar-refractivity contribution is -0.127. The Labute approximate surface area is 128 Å². The molecule has 1 aromatic heterocycles. The summed E-state index contributed by atoms with van der Waals surface area (Å²) in [5.41, 5.74) is 1.19. The zero-order chi connectivity index (χ0) is 15.1. The molecule has 0 radical (unpaired) electrons. The van der Waals surface area contributed by atoms with Gasteiger partial charge in [0, 0.05) is 57.6 Å². The lowest BCUT2D eigenvalue weighted by Gasteiger charge is -2.43. The van der Waals surface area contributed by atoms with Gasteiger partial charge in [0.2, 0.25) is 0 Å². The number of aromatic nitrogens is 2. The Morgan fingerprint density at radius 1 is 1.43 bits per heavy atom. The summed E-state index contributed by atoms with van der Waals surface area (Å²) in [6.07, 6.45) is 5.90. The van der Waals surface area contributed by atoms with Gasteiger partial charge in [0.05, 0.1) is 5.60 Å². The van der Waals surface area contributed by atoms with Crippen LogP contribution in [0.15, 0.2) is 12.3 Å². The van der Waals surface area contributed by atoms with Gasteiger partial charge in [0.15, 0.2) is 0 Å². The molecule has 1 unspecified atom stereocenters. The molecule has 0 aromatic carbocycles. The Hall–Kier alpha value is -0.910. The topological polar surface area (TPSA) is 48.3 Å². The van der Waals surface area contributed by atoms with Crippen LogP contribution < -0.4 is 5.32 Å². The van der Waals surface area contributed by atoms with Crippen molar-refractivity contribution in [3.05, 3.63) is 18.0 Å². The van der Waals surface area contributed by atoms with Crippen molar-refractivity contribution in [1.82, 2.24) is 15.1 Å². The van der Waals surface area contributed by atoms with Crippen LogP contribution in [0.25, 0.3) is 0 Å². The number of nitrogens with zero attached hydrogens (tertiary/aromatic N) is 2. The van der Waals surface area contributed by atoms with Crippen LogP contribution in [0.2, 0.25) is 0 Å². The van der Waals surface area contributed by atoms with Crippen LogP contribution in [0.1, 0.15) is 38.8 Å². The molecule has 1 aromatic rings. The molecule has 2 rings (SSSR count). The Morgan fingerprint density at radius 3 is 2.76 bits per heavy atom. The molecule has 0 spiro atoms. The first kappa shape index (κ1) is 16.5. The van der Waals surface area contributed by atoms with E-state index in [1.165, 1.54) is 5.69 Å². The minimum Gasteiger partial charge on any atom is -0.381 e. The van der Waals surface area contributed by atoms with Crippen LogP contribution in [0.4, 0.5) is 0 Å². The first-order valence-corrected chi connectivity index (χ1v) is 8.14. The normalized spacial score (nSPS) is 19.6. The number of ether oxygens (including phenoxy) is 2. The minimum absolute atomic E-state index is 0.0817. The van der Waals surface area contributed by atoms with E-state index < -0.39 is 0 Å². The molecule has 5 nitrogen and oxygen atoms in total. The van der Waals surface area contributed by atoms with Crippen molar-refractivity contribution in [2.45, 2.75) is 51.2 Å². The van der Waals surface area contributed by atoms with Gasteiger partial charge < -0.3 is 14.8 Å². The predicted octanol–water partition coefficient (Wildman–Crippen LogP) is 1.92. The van der Waals surface area contributed by atoms with Crippen LogP contribution >= 0.6 is 0 Å². The predicted molar refractivity (Wildman–Crippen MR) is 83.4 cm³/mol. The molecule has 0 saturated carbocycles. The molecular formula is C16H29N3O2. The Kier molecular flexibility index (Phi) is 6.21. The second-order valence-corrected chi connectivity index (χ2v) is 5.71. The van der Waals surface area contributed by atoms with E-state index in [2.05, 4.69) is 30.3 Å². The van der Waals surface area contributed by atoms with E-state index >= 15 is 0 Å². The van der Waals surface area contributed by atoms with Crippen molar-refractivity contribution < 1.29 is 9.47 Å². The van der Waals surface area contributed by atoms with Crippen molar-refractivity contribution in [1.29, 1.82) is 0 Å². The third-order valence-electron chi connectivity index (χ3n) is 4.47. The number of aryl methyl sites for hydroxylation is 2. The average molecular weight is 295 g/mol. The number of nitrogens with one attached hydrogen (secondary N) is 1. The molecular weight excluding hydrogens is 266 g/mol. The van der Waals surface area contributed by atoms with Crippen LogP contribution in [0.5, 0.6) is 0 Å². The molecule has 1 N–H and O–H groups in total. The highest BCUT2D eigenvalue weighted by Gasteiger charge is 2.40. The van der Waals surface area contributed by atoms with E-state index in [4.69, 9.17) is 9.47 Å². The first-order chi connectivity index (χ1) is 10.2. The summed E-state index contributed by atoms with van der Waals surface area (Å²) in [7, 11) is 2.00. The summed E-state index contributed by atoms with van der Waals surface area (Å²) in [5.74, 6) is 0. The fourth-order valence-electron chi connectivity index (χ4n) is 3.33. The molecule has 120 valence electrons. The van der Waals surface area contributed by atoms with Crippen molar-refractivity contribution in [2.24, 2.45) is 7.05 Å². The molecule has 1 atom stereocenters. The van der Waals surface area contributed by atoms with Gasteiger partial charge in [0.25, 0.3) is 0 Å². The molecule has 21 heavy (non-hydrogen) atoms. The van der Waals surface area contributed by atoms with Crippen LogP contribution in [-0.2, 0) is 22.9 Å². The van der Waals surface area contributed by atoms with Gasteiger partial charge in [-0.15, -0.1) is 0 Å². The van der Waals surface area contributed by atoms with E-state index in [0.29, 0.717) is 6.04 Å². The molecule has 0 aliphatic carbocycles. The van der Waals surface area contributed by atoms with E-state index in [1.807, 2.05) is 17.9 Å². The summed E-state index contributed by atoms with van der Waals surface area (Å²) in [6, 6.07) is 2.46. The number of hydrogen-bond donors (Lipinski definition) is 1. The highest BCUT2D eigenvalue weighted by atomic mass is 16.5. The summed E-state index contributed by atoms with van der Waals surface area (Å²) >= 11 is 0. The quantitative estimate of drug-likeness (QED) is 0.796. The maximum Gasteiger partial charge on any atom is 0.0878 e. The van der Waals surface area contributed by atoms with E-state index in [0.717, 1.165) is 52.0 Å². The third-order valence-corrected chi connectivity index (χ3v) is 4.47. The average Bonchev–Trinajstić information content (AvgIpc) is 2.90. The molecule has 1 aliphatic heterocycles. The molecule has 5 heteroatoms. The number of likely N-dealkylation sites (N-methyl/N-ethyl adjacent to an activating group) is 1. The summed E-state index contributed by atoms with van der Waals surface area (Å²) in [4.78, 5) is 0. The smallest absolute Gasteiger partial charge is 0.0878 e. The SMILES string of the molecule is CCNC(CCc1ccnn1C)C1(OCC)CCOCC1. The van der Waals surface area contributed by atoms with Crippen molar-refractivity contribution >= 4 is 0 Å². The van der Waals surface area contributed by atoms with Crippen LogP contribution in [0, 0.1) is 0 Å². The first-order valence-electron chi connectivity index (χ1n) is 8.14. The van der Waals surface area contributed by atoms with E-state index in [1.54, 1.807) is 0 Å².